The quantitative estimate of drug-likeness (QED) is 0.213. The Bertz CT molecular complexity index is 1120. The monoisotopic (exact) mass is 554 g/mol. The molecule has 2 bridgehead atoms. The molecule has 0 aliphatic carbocycles. The molecule has 3 heterocycles. The number of ether oxygens (including phenoxy) is 3. The summed E-state index contributed by atoms with van der Waals surface area (Å²) in [7, 11) is 1.57. The smallest absolute Gasteiger partial charge is 0.312 e. The Morgan fingerprint density at radius 1 is 1.23 bits per heavy atom. The largest absolute Gasteiger partial charge is 0.497 e. The van der Waals surface area contributed by atoms with E-state index in [0.717, 1.165) is 0 Å². The lowest BCUT2D eigenvalue weighted by Crippen LogP contribution is -2.59. The Morgan fingerprint density at radius 2 is 1.95 bits per heavy atom. The van der Waals surface area contributed by atoms with Crippen LogP contribution in [0.25, 0.3) is 0 Å². The Balaban J connectivity index is 1.78. The minimum Gasteiger partial charge on any atom is -0.497 e. The first-order valence-electron chi connectivity index (χ1n) is 14.3. The number of carbonyl (C=O) groups excluding carboxylic acids is 3. The SMILES string of the molecule is C=CCCCOC(=O)[C@H]1[C@H]2C(=O)N([C@@H](CC)CO)C(C(=O)N(CC=C)c3ccc(OC)cc3)C23CC[C@]1(CC)O3. The third kappa shape index (κ3) is 4.73. The lowest BCUT2D eigenvalue weighted by Gasteiger charge is -2.39. The van der Waals surface area contributed by atoms with E-state index >= 15 is 0 Å². The minimum absolute atomic E-state index is 0.202. The van der Waals surface area contributed by atoms with Crippen LogP contribution in [0.15, 0.2) is 49.6 Å². The maximum atomic E-state index is 14.6. The summed E-state index contributed by atoms with van der Waals surface area (Å²) in [5.41, 5.74) is -1.47. The number of benzene rings is 1. The number of hydrogen-bond acceptors (Lipinski definition) is 7. The van der Waals surface area contributed by atoms with Crippen molar-refractivity contribution in [1.29, 1.82) is 0 Å². The molecule has 4 rings (SSSR count). The van der Waals surface area contributed by atoms with Gasteiger partial charge in [-0.3, -0.25) is 14.4 Å². The van der Waals surface area contributed by atoms with Gasteiger partial charge in [0.25, 0.3) is 5.91 Å². The highest BCUT2D eigenvalue weighted by molar-refractivity contribution is 6.05. The Morgan fingerprint density at radius 3 is 2.52 bits per heavy atom. The molecule has 0 radical (unpaired) electrons. The van der Waals surface area contributed by atoms with Crippen molar-refractivity contribution in [1.82, 2.24) is 4.90 Å². The number of aliphatic hydroxyl groups is 1. The second-order valence-corrected chi connectivity index (χ2v) is 10.9. The molecule has 1 aromatic rings. The minimum atomic E-state index is -1.20. The fourth-order valence-electron chi connectivity index (χ4n) is 6.95. The highest BCUT2D eigenvalue weighted by atomic mass is 16.6. The first-order chi connectivity index (χ1) is 19.3. The normalized spacial score (nSPS) is 29.1. The van der Waals surface area contributed by atoms with E-state index in [4.69, 9.17) is 14.2 Å². The molecule has 3 aliphatic rings. The van der Waals surface area contributed by atoms with Gasteiger partial charge in [0, 0.05) is 12.2 Å². The zero-order valence-electron chi connectivity index (χ0n) is 23.8. The van der Waals surface area contributed by atoms with Crippen molar-refractivity contribution < 1.29 is 33.7 Å². The van der Waals surface area contributed by atoms with Gasteiger partial charge in [0.15, 0.2) is 0 Å². The van der Waals surface area contributed by atoms with Gasteiger partial charge < -0.3 is 29.1 Å². The Labute approximate surface area is 236 Å². The molecule has 218 valence electrons. The molecule has 6 atom stereocenters. The van der Waals surface area contributed by atoms with E-state index in [1.807, 2.05) is 13.8 Å². The number of rotatable bonds is 14. The van der Waals surface area contributed by atoms with Gasteiger partial charge in [-0.25, -0.2) is 0 Å². The van der Waals surface area contributed by atoms with Crippen LogP contribution in [0.4, 0.5) is 5.69 Å². The molecule has 9 nitrogen and oxygen atoms in total. The summed E-state index contributed by atoms with van der Waals surface area (Å²) in [6, 6.07) is 5.47. The van der Waals surface area contributed by atoms with Crippen LogP contribution in [0.3, 0.4) is 0 Å². The predicted octanol–water partition coefficient (Wildman–Crippen LogP) is 3.65. The summed E-state index contributed by atoms with van der Waals surface area (Å²) < 4.78 is 17.8. The topological polar surface area (TPSA) is 106 Å². The summed E-state index contributed by atoms with van der Waals surface area (Å²) in [4.78, 5) is 45.6. The molecule has 9 heteroatoms. The number of hydrogen-bond donors (Lipinski definition) is 1. The zero-order valence-corrected chi connectivity index (χ0v) is 23.8. The number of allylic oxidation sites excluding steroid dienone is 1. The zero-order chi connectivity index (χ0) is 29.1. The first kappa shape index (κ1) is 29.8. The van der Waals surface area contributed by atoms with Crippen molar-refractivity contribution in [3.8, 4) is 5.75 Å². The fraction of sp³-hybridized carbons (Fsp3) is 0.581. The number of unbranched alkanes of at least 4 members (excludes halogenated alkanes) is 1. The van der Waals surface area contributed by atoms with Gasteiger partial charge in [-0.15, -0.1) is 13.2 Å². The summed E-state index contributed by atoms with van der Waals surface area (Å²) in [6.45, 7) is 11.5. The number of carbonyl (C=O) groups is 3. The molecule has 1 N–H and O–H groups in total. The fourth-order valence-corrected chi connectivity index (χ4v) is 6.95. The predicted molar refractivity (Wildman–Crippen MR) is 151 cm³/mol. The first-order valence-corrected chi connectivity index (χ1v) is 14.3. The number of anilines is 1. The summed E-state index contributed by atoms with van der Waals surface area (Å²) in [5.74, 6) is -2.18. The number of methoxy groups -OCH3 is 1. The van der Waals surface area contributed by atoms with Crippen molar-refractivity contribution in [2.24, 2.45) is 11.8 Å². The van der Waals surface area contributed by atoms with Gasteiger partial charge >= 0.3 is 5.97 Å². The van der Waals surface area contributed by atoms with E-state index < -0.39 is 41.1 Å². The molecule has 2 amide bonds. The molecule has 3 saturated heterocycles. The van der Waals surface area contributed by atoms with Crippen LogP contribution in [-0.4, -0.2) is 77.9 Å². The van der Waals surface area contributed by atoms with Crippen LogP contribution in [0.1, 0.15) is 52.4 Å². The third-order valence-electron chi connectivity index (χ3n) is 8.94. The lowest BCUT2D eigenvalue weighted by molar-refractivity contribution is -0.162. The van der Waals surface area contributed by atoms with Crippen molar-refractivity contribution in [3.63, 3.8) is 0 Å². The van der Waals surface area contributed by atoms with Crippen LogP contribution in [0, 0.1) is 11.8 Å². The van der Waals surface area contributed by atoms with Gasteiger partial charge in [-0.1, -0.05) is 26.0 Å². The summed E-state index contributed by atoms with van der Waals surface area (Å²) in [5, 5.41) is 10.3. The van der Waals surface area contributed by atoms with Gasteiger partial charge in [0.05, 0.1) is 37.9 Å². The van der Waals surface area contributed by atoms with E-state index in [1.54, 1.807) is 48.4 Å². The molecule has 1 spiro atoms. The number of likely N-dealkylation sites (tertiary alicyclic amines) is 1. The highest BCUT2D eigenvalue weighted by Gasteiger charge is 2.79. The van der Waals surface area contributed by atoms with Gasteiger partial charge in [-0.2, -0.15) is 0 Å². The molecule has 3 aliphatic heterocycles. The third-order valence-corrected chi connectivity index (χ3v) is 8.94. The summed E-state index contributed by atoms with van der Waals surface area (Å²) in [6.07, 6.45) is 6.69. The molecule has 0 saturated carbocycles. The Kier molecular flexibility index (Phi) is 9.05. The van der Waals surface area contributed by atoms with E-state index in [1.165, 1.54) is 4.90 Å². The highest BCUT2D eigenvalue weighted by Crippen LogP contribution is 2.65. The number of fused-ring (bicyclic) bond motifs is 1. The van der Waals surface area contributed by atoms with Crippen LogP contribution in [0.5, 0.6) is 5.75 Å². The van der Waals surface area contributed by atoms with Gasteiger partial charge in [0.1, 0.15) is 23.3 Å². The molecule has 3 fully saturated rings. The van der Waals surface area contributed by atoms with E-state index in [9.17, 15) is 19.5 Å². The molecule has 1 aromatic carbocycles. The number of esters is 1. The Hall–Kier alpha value is -3.17. The van der Waals surface area contributed by atoms with Crippen molar-refractivity contribution in [3.05, 3.63) is 49.6 Å². The van der Waals surface area contributed by atoms with E-state index in [2.05, 4.69) is 13.2 Å². The van der Waals surface area contributed by atoms with Crippen LogP contribution >= 0.6 is 0 Å². The second-order valence-electron chi connectivity index (χ2n) is 10.9. The van der Waals surface area contributed by atoms with Crippen LogP contribution < -0.4 is 9.64 Å². The molecule has 40 heavy (non-hydrogen) atoms. The maximum absolute atomic E-state index is 14.6. The molecular formula is C31H42N2O7. The lowest BCUT2D eigenvalue weighted by atomic mass is 9.65. The van der Waals surface area contributed by atoms with Crippen LogP contribution in [-0.2, 0) is 23.9 Å². The van der Waals surface area contributed by atoms with Crippen molar-refractivity contribution >= 4 is 23.5 Å². The van der Waals surface area contributed by atoms with E-state index in [0.29, 0.717) is 50.0 Å². The van der Waals surface area contributed by atoms with Gasteiger partial charge in [-0.05, 0) is 62.8 Å². The molecule has 2 unspecified atom stereocenters. The number of nitrogens with zero attached hydrogens (tertiary/aromatic N) is 2. The maximum Gasteiger partial charge on any atom is 0.312 e. The average Bonchev–Trinajstić information content (AvgIpc) is 3.58. The number of aliphatic hydroxyl groups excluding tert-OH is 1. The second kappa shape index (κ2) is 12.1. The molecular weight excluding hydrogens is 512 g/mol. The summed E-state index contributed by atoms with van der Waals surface area (Å²) >= 11 is 0. The van der Waals surface area contributed by atoms with E-state index in [-0.39, 0.29) is 31.6 Å². The molecule has 0 aromatic heterocycles. The van der Waals surface area contributed by atoms with Crippen molar-refractivity contribution in [2.45, 2.75) is 75.7 Å². The van der Waals surface area contributed by atoms with Crippen LogP contribution in [0.2, 0.25) is 0 Å². The average molecular weight is 555 g/mol. The van der Waals surface area contributed by atoms with Crippen molar-refractivity contribution in [2.75, 3.05) is 31.8 Å². The number of amides is 2. The van der Waals surface area contributed by atoms with Gasteiger partial charge in [0.2, 0.25) is 5.91 Å². The standard InChI is InChI=1S/C31H42N2O7/c1-6-10-11-19-39-29(37)25-24-27(35)33(21(8-3)20-34)26(31(24)17-16-30(25,9-4)40-31)28(36)32(18-7-2)22-12-14-23(38-5)15-13-22/h6-7,12-15,21,24-26,34H,1-2,8-11,16-20H2,3-5H3/t21-,24-,25+,26?,30-,31?/m0/s1.